The Labute approximate surface area is 178 Å². The van der Waals surface area contributed by atoms with Crippen molar-refractivity contribution in [3.63, 3.8) is 0 Å². The van der Waals surface area contributed by atoms with Gasteiger partial charge in [-0.05, 0) is 18.2 Å². The Bertz CT molecular complexity index is 1180. The predicted octanol–water partition coefficient (Wildman–Crippen LogP) is 4.38. The summed E-state index contributed by atoms with van der Waals surface area (Å²) in [5.41, 5.74) is -1.02. The summed E-state index contributed by atoms with van der Waals surface area (Å²) in [6, 6.07) is 8.02. The van der Waals surface area contributed by atoms with Crippen molar-refractivity contribution in [1.82, 2.24) is 9.78 Å². The molecule has 0 saturated heterocycles. The molecule has 2 N–H and O–H groups in total. The Kier molecular flexibility index (Phi) is 5.90. The first-order chi connectivity index (χ1) is 14.1. The lowest BCUT2D eigenvalue weighted by molar-refractivity contribution is -0.384. The zero-order chi connectivity index (χ0) is 22.0. The number of hydrogen-bond acceptors (Lipinski definition) is 6. The first kappa shape index (κ1) is 21.1. The molecule has 0 radical (unpaired) electrons. The smallest absolute Gasteiger partial charge is 0.357 e. The fourth-order valence-corrected chi connectivity index (χ4v) is 2.96. The number of carbonyl (C=O) groups is 2. The topological polar surface area (TPSA) is 137 Å². The highest BCUT2D eigenvalue weighted by atomic mass is 35.5. The number of hydrogen-bond donors (Lipinski definition) is 2. The van der Waals surface area contributed by atoms with Crippen molar-refractivity contribution >= 4 is 46.5 Å². The summed E-state index contributed by atoms with van der Waals surface area (Å²) < 4.78 is 6.76. The normalized spacial score (nSPS) is 10.5. The van der Waals surface area contributed by atoms with Crippen LogP contribution in [0.1, 0.15) is 20.8 Å². The van der Waals surface area contributed by atoms with Gasteiger partial charge in [-0.3, -0.25) is 19.6 Å². The molecule has 0 atom stereocenters. The van der Waals surface area contributed by atoms with Crippen LogP contribution in [0.3, 0.4) is 0 Å². The Balaban J connectivity index is 1.94. The zero-order valence-electron chi connectivity index (χ0n) is 15.1. The fraction of sp³-hybridized carbons (Fsp3) is 0.0556. The van der Waals surface area contributed by atoms with E-state index in [-0.39, 0.29) is 33.5 Å². The summed E-state index contributed by atoms with van der Waals surface area (Å²) in [6.45, 7) is 0. The van der Waals surface area contributed by atoms with E-state index in [0.29, 0.717) is 5.02 Å². The van der Waals surface area contributed by atoms with E-state index >= 15 is 0 Å². The van der Waals surface area contributed by atoms with E-state index in [4.69, 9.17) is 27.9 Å². The number of nitro groups is 1. The molecule has 2 aromatic carbocycles. The van der Waals surface area contributed by atoms with Crippen LogP contribution in [0, 0.1) is 10.1 Å². The molecule has 30 heavy (non-hydrogen) atoms. The van der Waals surface area contributed by atoms with Crippen LogP contribution in [0.5, 0.6) is 11.5 Å². The summed E-state index contributed by atoms with van der Waals surface area (Å²) >= 11 is 11.9. The van der Waals surface area contributed by atoms with Crippen LogP contribution in [-0.2, 0) is 7.05 Å². The molecule has 3 rings (SSSR count). The number of amides is 1. The summed E-state index contributed by atoms with van der Waals surface area (Å²) in [4.78, 5) is 34.4. The van der Waals surface area contributed by atoms with Gasteiger partial charge in [-0.1, -0.05) is 23.2 Å². The van der Waals surface area contributed by atoms with Crippen LogP contribution in [0.2, 0.25) is 10.0 Å². The van der Waals surface area contributed by atoms with Gasteiger partial charge in [0.25, 0.3) is 11.6 Å². The first-order valence-electron chi connectivity index (χ1n) is 8.14. The molecular weight excluding hydrogens is 439 g/mol. The van der Waals surface area contributed by atoms with Crippen molar-refractivity contribution in [2.24, 2.45) is 7.05 Å². The third kappa shape index (κ3) is 4.67. The van der Waals surface area contributed by atoms with E-state index < -0.39 is 22.5 Å². The molecule has 1 aromatic heterocycles. The number of nitro benzene ring substituents is 1. The number of non-ortho nitro benzene ring substituents is 1. The molecule has 154 valence electrons. The van der Waals surface area contributed by atoms with Gasteiger partial charge in [-0.2, -0.15) is 5.10 Å². The second kappa shape index (κ2) is 8.39. The lowest BCUT2D eigenvalue weighted by atomic mass is 10.2. The van der Waals surface area contributed by atoms with Gasteiger partial charge >= 0.3 is 5.97 Å². The molecule has 0 aliphatic rings. The van der Waals surface area contributed by atoms with E-state index in [9.17, 15) is 24.8 Å². The molecule has 0 fully saturated rings. The maximum Gasteiger partial charge on any atom is 0.357 e. The second-order valence-electron chi connectivity index (χ2n) is 5.97. The van der Waals surface area contributed by atoms with Crippen molar-refractivity contribution in [3.8, 4) is 11.5 Å². The summed E-state index contributed by atoms with van der Waals surface area (Å²) in [5, 5.41) is 27.1. The second-order valence-corrected chi connectivity index (χ2v) is 6.82. The molecule has 0 saturated carbocycles. The van der Waals surface area contributed by atoms with Crippen molar-refractivity contribution < 1.29 is 24.4 Å². The molecule has 12 heteroatoms. The van der Waals surface area contributed by atoms with E-state index in [1.165, 1.54) is 42.2 Å². The van der Waals surface area contributed by atoms with E-state index in [2.05, 4.69) is 10.4 Å². The highest BCUT2D eigenvalue weighted by Gasteiger charge is 2.22. The van der Waals surface area contributed by atoms with Crippen LogP contribution in [0.4, 0.5) is 11.4 Å². The number of aromatic carboxylic acids is 1. The quantitative estimate of drug-likeness (QED) is 0.419. The minimum atomic E-state index is -1.39. The van der Waals surface area contributed by atoms with Gasteiger partial charge in [0, 0.05) is 30.4 Å². The average Bonchev–Trinajstić information content (AvgIpc) is 3.06. The standard InChI is InChI=1S/C18H12Cl2N4O6/c1-23-8-13(16(22-23)18(26)27)17(25)21-10-5-11(24(28)29)7-12(6-10)30-15-3-2-9(19)4-14(15)20/h2-8H,1H3,(H,21,25)(H,26,27). The fourth-order valence-electron chi connectivity index (χ4n) is 2.52. The van der Waals surface area contributed by atoms with E-state index in [1.54, 1.807) is 0 Å². The largest absolute Gasteiger partial charge is 0.476 e. The molecule has 1 amide bonds. The number of nitrogens with one attached hydrogen (secondary N) is 1. The van der Waals surface area contributed by atoms with Gasteiger partial charge < -0.3 is 15.2 Å². The van der Waals surface area contributed by atoms with Crippen molar-refractivity contribution in [2.45, 2.75) is 0 Å². The Morgan fingerprint density at radius 1 is 1.23 bits per heavy atom. The molecule has 0 aliphatic carbocycles. The Morgan fingerprint density at radius 3 is 2.60 bits per heavy atom. The average molecular weight is 451 g/mol. The zero-order valence-corrected chi connectivity index (χ0v) is 16.6. The summed E-state index contributed by atoms with van der Waals surface area (Å²) in [7, 11) is 1.46. The van der Waals surface area contributed by atoms with Crippen LogP contribution in [0.25, 0.3) is 0 Å². The highest BCUT2D eigenvalue weighted by molar-refractivity contribution is 6.35. The van der Waals surface area contributed by atoms with Crippen LogP contribution in [0.15, 0.2) is 42.6 Å². The molecule has 10 nitrogen and oxygen atoms in total. The number of anilines is 1. The van der Waals surface area contributed by atoms with Gasteiger partial charge in [-0.15, -0.1) is 0 Å². The molecule has 1 heterocycles. The minimum absolute atomic E-state index is 0.00878. The van der Waals surface area contributed by atoms with E-state index in [1.807, 2.05) is 0 Å². The number of benzene rings is 2. The van der Waals surface area contributed by atoms with Crippen LogP contribution in [-0.4, -0.2) is 31.7 Å². The van der Waals surface area contributed by atoms with Crippen molar-refractivity contribution in [3.05, 3.63) is 74.0 Å². The van der Waals surface area contributed by atoms with Gasteiger partial charge in [0.05, 0.1) is 27.3 Å². The third-order valence-corrected chi connectivity index (χ3v) is 4.29. The number of rotatable bonds is 6. The molecule has 0 aliphatic heterocycles. The molecule has 0 unspecified atom stereocenters. The number of halogens is 2. The number of aryl methyl sites for hydroxylation is 1. The van der Waals surface area contributed by atoms with E-state index in [0.717, 1.165) is 12.1 Å². The number of carboxylic acid groups (broad SMARTS) is 1. The first-order valence-corrected chi connectivity index (χ1v) is 8.90. The molecule has 0 bridgehead atoms. The number of nitrogens with zero attached hydrogens (tertiary/aromatic N) is 3. The SMILES string of the molecule is Cn1cc(C(=O)Nc2cc(Oc3ccc(Cl)cc3Cl)cc([N+](=O)[O-])c2)c(C(=O)O)n1. The van der Waals surface area contributed by atoms with Crippen molar-refractivity contribution in [1.29, 1.82) is 0 Å². The lowest BCUT2D eigenvalue weighted by Gasteiger charge is -2.10. The lowest BCUT2D eigenvalue weighted by Crippen LogP contribution is -2.15. The number of ether oxygens (including phenoxy) is 1. The van der Waals surface area contributed by atoms with Gasteiger partial charge in [0.2, 0.25) is 0 Å². The number of carbonyl (C=O) groups excluding carboxylic acids is 1. The van der Waals surface area contributed by atoms with Gasteiger partial charge in [-0.25, -0.2) is 4.79 Å². The molecule has 3 aromatic rings. The highest BCUT2D eigenvalue weighted by Crippen LogP contribution is 2.34. The molecule has 0 spiro atoms. The van der Waals surface area contributed by atoms with Crippen LogP contribution >= 0.6 is 23.2 Å². The van der Waals surface area contributed by atoms with Gasteiger partial charge in [0.1, 0.15) is 11.5 Å². The summed E-state index contributed by atoms with van der Waals surface area (Å²) in [5.74, 6) is -1.98. The number of aromatic nitrogens is 2. The molecular formula is C18H12Cl2N4O6. The third-order valence-electron chi connectivity index (χ3n) is 3.76. The van der Waals surface area contributed by atoms with Crippen molar-refractivity contribution in [2.75, 3.05) is 5.32 Å². The monoisotopic (exact) mass is 450 g/mol. The Morgan fingerprint density at radius 2 is 1.97 bits per heavy atom. The summed E-state index contributed by atoms with van der Waals surface area (Å²) in [6.07, 6.45) is 1.22. The van der Waals surface area contributed by atoms with Crippen LogP contribution < -0.4 is 10.1 Å². The Hall–Kier alpha value is -3.63. The maximum absolute atomic E-state index is 12.5. The predicted molar refractivity (Wildman–Crippen MR) is 108 cm³/mol. The number of carboxylic acids is 1. The minimum Gasteiger partial charge on any atom is -0.476 e. The van der Waals surface area contributed by atoms with Gasteiger partial charge in [0.15, 0.2) is 5.69 Å². The maximum atomic E-state index is 12.5.